The van der Waals surface area contributed by atoms with Crippen LogP contribution in [0.5, 0.6) is 5.75 Å². The number of carbonyl (C=O) groups excluding carboxylic acids is 2. The molecule has 0 aliphatic carbocycles. The molecule has 1 fully saturated rings. The average molecular weight is 606 g/mol. The van der Waals surface area contributed by atoms with Crippen LogP contribution < -0.4 is 9.64 Å². The Kier molecular flexibility index (Phi) is 9.38. The maximum Gasteiger partial charge on any atom is 0.301 e. The molecule has 2 heterocycles. The topological polar surface area (TPSA) is 92.6 Å². The fourth-order valence-corrected chi connectivity index (χ4v) is 6.68. The van der Waals surface area contributed by atoms with Crippen molar-refractivity contribution in [3.05, 3.63) is 106 Å². The number of halogens is 1. The Labute approximate surface area is 251 Å². The number of nitrogens with zero attached hydrogens (tertiary/aromatic N) is 3. The van der Waals surface area contributed by atoms with E-state index in [1.165, 1.54) is 28.0 Å². The summed E-state index contributed by atoms with van der Waals surface area (Å²) in [7, 11) is 0. The van der Waals surface area contributed by atoms with Crippen molar-refractivity contribution in [3.8, 4) is 5.75 Å². The highest BCUT2D eigenvalue weighted by atomic mass is 35.5. The Morgan fingerprint density at radius 2 is 1.80 bits per heavy atom. The molecule has 0 saturated carbocycles. The molecule has 1 atom stereocenters. The molecule has 1 amide bonds. The number of unbranched alkanes of at least 4 members (excludes halogenated alkanes) is 2. The van der Waals surface area contributed by atoms with E-state index in [4.69, 9.17) is 16.3 Å². The van der Waals surface area contributed by atoms with Crippen molar-refractivity contribution in [2.45, 2.75) is 42.3 Å². The van der Waals surface area contributed by atoms with E-state index in [1.54, 1.807) is 24.3 Å². The largest absolute Gasteiger partial charge is 0.507 e. The summed E-state index contributed by atoms with van der Waals surface area (Å²) < 4.78 is 6.59. The molecule has 5 rings (SSSR count). The number of aliphatic hydroxyl groups excluding tert-OH is 1. The Morgan fingerprint density at radius 1 is 1.02 bits per heavy atom. The molecule has 0 radical (unpaired) electrons. The third-order valence-electron chi connectivity index (χ3n) is 6.59. The lowest BCUT2D eigenvalue weighted by Gasteiger charge is -2.23. The zero-order valence-electron chi connectivity index (χ0n) is 22.3. The van der Waals surface area contributed by atoms with Gasteiger partial charge in [0.25, 0.3) is 5.78 Å². The van der Waals surface area contributed by atoms with Crippen molar-refractivity contribution in [2.24, 2.45) is 0 Å². The molecule has 41 heavy (non-hydrogen) atoms. The average Bonchev–Trinajstić information content (AvgIpc) is 3.57. The lowest BCUT2D eigenvalue weighted by molar-refractivity contribution is -0.132. The maximum absolute atomic E-state index is 13.5. The SMILES string of the molecule is CCCCCOc1cccc(C2/C(=C(\O)c3ccccc3)C(=O)C(=O)N2c2nnc(SCc3ccccc3Cl)s2)c1. The number of aromatic nitrogens is 2. The Balaban J connectivity index is 1.51. The maximum atomic E-state index is 13.5. The van der Waals surface area contributed by atoms with E-state index in [0.29, 0.717) is 38.6 Å². The minimum Gasteiger partial charge on any atom is -0.507 e. The van der Waals surface area contributed by atoms with Gasteiger partial charge in [0.1, 0.15) is 11.5 Å². The summed E-state index contributed by atoms with van der Waals surface area (Å²) in [5, 5.41) is 20.8. The Hall–Kier alpha value is -3.66. The smallest absolute Gasteiger partial charge is 0.301 e. The molecule has 10 heteroatoms. The zero-order chi connectivity index (χ0) is 28.8. The number of anilines is 1. The second-order valence-corrected chi connectivity index (χ2v) is 12.0. The first kappa shape index (κ1) is 28.9. The molecule has 7 nitrogen and oxygen atoms in total. The van der Waals surface area contributed by atoms with E-state index in [0.717, 1.165) is 24.8 Å². The van der Waals surface area contributed by atoms with E-state index in [2.05, 4.69) is 17.1 Å². The van der Waals surface area contributed by atoms with E-state index in [9.17, 15) is 14.7 Å². The van der Waals surface area contributed by atoms with Crippen molar-refractivity contribution >= 4 is 57.3 Å². The second-order valence-electron chi connectivity index (χ2n) is 9.39. The van der Waals surface area contributed by atoms with Crippen molar-refractivity contribution in [1.82, 2.24) is 10.2 Å². The summed E-state index contributed by atoms with van der Waals surface area (Å²) in [5.41, 5.74) is 2.01. The van der Waals surface area contributed by atoms with Gasteiger partial charge in [0, 0.05) is 16.3 Å². The van der Waals surface area contributed by atoms with Gasteiger partial charge in [-0.05, 0) is 35.7 Å². The van der Waals surface area contributed by atoms with Crippen LogP contribution in [0.4, 0.5) is 5.13 Å². The van der Waals surface area contributed by atoms with Gasteiger partial charge in [-0.2, -0.15) is 0 Å². The number of ketones is 1. The highest BCUT2D eigenvalue weighted by Gasteiger charge is 2.48. The minimum absolute atomic E-state index is 0.00944. The summed E-state index contributed by atoms with van der Waals surface area (Å²) in [6.07, 6.45) is 3.06. The standard InChI is InChI=1S/C31H28ClN3O4S2/c1-2-3-9-17-39-23-15-10-14-21(18-23)26-25(27(36)20-11-5-4-6-12-20)28(37)29(38)35(26)30-33-34-31(41-30)40-19-22-13-7-8-16-24(22)32/h4-8,10-16,18,26,36H,2-3,9,17,19H2,1H3/b27-25+. The number of carbonyl (C=O) groups is 2. The van der Waals surface area contributed by atoms with Crippen LogP contribution in [0.3, 0.4) is 0 Å². The lowest BCUT2D eigenvalue weighted by Crippen LogP contribution is -2.29. The van der Waals surface area contributed by atoms with Crippen molar-refractivity contribution in [1.29, 1.82) is 0 Å². The lowest BCUT2D eigenvalue weighted by atomic mass is 9.95. The Bertz CT molecular complexity index is 1570. The van der Waals surface area contributed by atoms with Crippen molar-refractivity contribution < 1.29 is 19.4 Å². The monoisotopic (exact) mass is 605 g/mol. The van der Waals surface area contributed by atoms with Crippen molar-refractivity contribution in [2.75, 3.05) is 11.5 Å². The summed E-state index contributed by atoms with van der Waals surface area (Å²) >= 11 is 8.95. The van der Waals surface area contributed by atoms with E-state index >= 15 is 0 Å². The van der Waals surface area contributed by atoms with Crippen LogP contribution in [0.15, 0.2) is 88.8 Å². The third-order valence-corrected chi connectivity index (χ3v) is 9.07. The molecule has 0 spiro atoms. The molecular weight excluding hydrogens is 578 g/mol. The van der Waals surface area contributed by atoms with Gasteiger partial charge >= 0.3 is 5.91 Å². The van der Waals surface area contributed by atoms with Crippen LogP contribution in [0.1, 0.15) is 48.9 Å². The summed E-state index contributed by atoms with van der Waals surface area (Å²) in [6.45, 7) is 2.69. The predicted molar refractivity (Wildman–Crippen MR) is 164 cm³/mol. The molecule has 1 unspecified atom stereocenters. The molecular formula is C31H28ClN3O4S2. The van der Waals surface area contributed by atoms with Crippen LogP contribution >= 0.6 is 34.7 Å². The Morgan fingerprint density at radius 3 is 2.59 bits per heavy atom. The number of aliphatic hydroxyl groups is 1. The number of benzene rings is 3. The van der Waals surface area contributed by atoms with Gasteiger partial charge in [0.2, 0.25) is 5.13 Å². The van der Waals surface area contributed by atoms with Crippen LogP contribution in [0, 0.1) is 0 Å². The summed E-state index contributed by atoms with van der Waals surface area (Å²) in [6, 6.07) is 22.7. The van der Waals surface area contributed by atoms with Gasteiger partial charge in [-0.15, -0.1) is 10.2 Å². The molecule has 210 valence electrons. The minimum atomic E-state index is -0.913. The van der Waals surface area contributed by atoms with Gasteiger partial charge in [0.15, 0.2) is 4.34 Å². The highest BCUT2D eigenvalue weighted by Crippen LogP contribution is 2.44. The van der Waals surface area contributed by atoms with Gasteiger partial charge in [-0.1, -0.05) is 115 Å². The molecule has 3 aromatic carbocycles. The number of amides is 1. The molecule has 0 bridgehead atoms. The van der Waals surface area contributed by atoms with Crippen LogP contribution in [-0.2, 0) is 15.3 Å². The summed E-state index contributed by atoms with van der Waals surface area (Å²) in [4.78, 5) is 28.3. The van der Waals surface area contributed by atoms with Crippen LogP contribution in [0.25, 0.3) is 5.76 Å². The first-order valence-corrected chi connectivity index (χ1v) is 15.4. The fourth-order valence-electron chi connectivity index (χ4n) is 4.53. The van der Waals surface area contributed by atoms with Gasteiger partial charge in [0.05, 0.1) is 18.2 Å². The molecule has 1 aromatic heterocycles. The van der Waals surface area contributed by atoms with E-state index < -0.39 is 17.7 Å². The van der Waals surface area contributed by atoms with Gasteiger partial charge in [-0.25, -0.2) is 0 Å². The van der Waals surface area contributed by atoms with Gasteiger partial charge in [-0.3, -0.25) is 14.5 Å². The van der Waals surface area contributed by atoms with Gasteiger partial charge < -0.3 is 9.84 Å². The molecule has 1 aliphatic rings. The second kappa shape index (κ2) is 13.3. The third kappa shape index (κ3) is 6.48. The molecule has 1 aliphatic heterocycles. The normalized spacial score (nSPS) is 16.3. The number of ether oxygens (including phenoxy) is 1. The van der Waals surface area contributed by atoms with E-state index in [-0.39, 0.29) is 16.5 Å². The number of Topliss-reactive ketones (excluding diaryl/α,β-unsaturated/α-hetero) is 1. The van der Waals surface area contributed by atoms with Crippen LogP contribution in [0.2, 0.25) is 5.02 Å². The number of hydrogen-bond donors (Lipinski definition) is 1. The first-order chi connectivity index (χ1) is 20.0. The summed E-state index contributed by atoms with van der Waals surface area (Å²) in [5.74, 6) is -0.616. The number of thioether (sulfide) groups is 1. The zero-order valence-corrected chi connectivity index (χ0v) is 24.7. The fraction of sp³-hybridized carbons (Fsp3) is 0.226. The quantitative estimate of drug-likeness (QED) is 0.0468. The predicted octanol–water partition coefficient (Wildman–Crippen LogP) is 7.68. The molecule has 1 N–H and O–H groups in total. The van der Waals surface area contributed by atoms with Crippen molar-refractivity contribution in [3.63, 3.8) is 0 Å². The molecule has 4 aromatic rings. The first-order valence-electron chi connectivity index (χ1n) is 13.3. The van der Waals surface area contributed by atoms with Crippen LogP contribution in [-0.4, -0.2) is 33.6 Å². The highest BCUT2D eigenvalue weighted by molar-refractivity contribution is 8.00. The van der Waals surface area contributed by atoms with E-state index in [1.807, 2.05) is 54.6 Å². The number of rotatable bonds is 11. The molecule has 1 saturated heterocycles. The number of hydrogen-bond acceptors (Lipinski definition) is 8.